The fraction of sp³-hybridized carbons (Fsp3) is 0.267. The Morgan fingerprint density at radius 3 is 2.65 bits per heavy atom. The van der Waals surface area contributed by atoms with Gasteiger partial charge in [-0.05, 0) is 36.2 Å². The molecule has 23 heavy (non-hydrogen) atoms. The second-order valence-corrected chi connectivity index (χ2v) is 8.19. The minimum absolute atomic E-state index is 0.229. The smallest absolute Gasteiger partial charge is 0.243 e. The van der Waals surface area contributed by atoms with E-state index in [1.807, 2.05) is 0 Å². The Morgan fingerprint density at radius 2 is 2.04 bits per heavy atom. The number of hydrogen-bond donors (Lipinski definition) is 1. The molecule has 1 aromatic heterocycles. The number of fused-ring (bicyclic) bond motifs is 1. The van der Waals surface area contributed by atoms with E-state index < -0.39 is 10.0 Å². The fourth-order valence-corrected chi connectivity index (χ4v) is 5.20. The number of anilines is 1. The lowest BCUT2D eigenvalue weighted by Crippen LogP contribution is -2.35. The Kier molecular flexibility index (Phi) is 4.02. The van der Waals surface area contributed by atoms with Gasteiger partial charge in [0.1, 0.15) is 16.8 Å². The van der Waals surface area contributed by atoms with Crippen LogP contribution < -0.4 is 10.5 Å². The van der Waals surface area contributed by atoms with E-state index in [4.69, 9.17) is 15.7 Å². The summed E-state index contributed by atoms with van der Waals surface area (Å²) in [6, 6.07) is 8.42. The number of nitrogen functional groups attached to an aromatic ring is 1. The molecule has 0 bridgehead atoms. The number of nitriles is 1. The number of rotatable bonds is 3. The summed E-state index contributed by atoms with van der Waals surface area (Å²) in [6.07, 6.45) is 0.501. The molecular formula is C15H15N3O3S2. The minimum atomic E-state index is -3.58. The molecule has 0 saturated heterocycles. The van der Waals surface area contributed by atoms with E-state index in [1.165, 1.54) is 34.9 Å². The third kappa shape index (κ3) is 2.67. The number of ether oxygens (including phenoxy) is 1. The molecule has 2 heterocycles. The summed E-state index contributed by atoms with van der Waals surface area (Å²) in [5.74, 6) is 0.606. The third-order valence-corrected chi connectivity index (χ3v) is 6.76. The predicted octanol–water partition coefficient (Wildman–Crippen LogP) is 1.96. The molecule has 1 aromatic carbocycles. The Morgan fingerprint density at radius 1 is 1.35 bits per heavy atom. The van der Waals surface area contributed by atoms with Crippen molar-refractivity contribution >= 4 is 26.4 Å². The van der Waals surface area contributed by atoms with Crippen LogP contribution in [0.4, 0.5) is 5.00 Å². The van der Waals surface area contributed by atoms with Crippen LogP contribution in [0.2, 0.25) is 0 Å². The summed E-state index contributed by atoms with van der Waals surface area (Å²) in [6.45, 7) is 0.590. The van der Waals surface area contributed by atoms with Crippen molar-refractivity contribution in [3.8, 4) is 11.8 Å². The minimum Gasteiger partial charge on any atom is -0.497 e. The second-order valence-electron chi connectivity index (χ2n) is 5.12. The maximum absolute atomic E-state index is 12.8. The molecule has 0 unspecified atom stereocenters. The van der Waals surface area contributed by atoms with Crippen molar-refractivity contribution in [2.75, 3.05) is 19.4 Å². The van der Waals surface area contributed by atoms with Gasteiger partial charge in [-0.15, -0.1) is 11.3 Å². The van der Waals surface area contributed by atoms with Gasteiger partial charge in [0.2, 0.25) is 10.0 Å². The van der Waals surface area contributed by atoms with Crippen LogP contribution in [0.15, 0.2) is 29.2 Å². The van der Waals surface area contributed by atoms with E-state index in [0.29, 0.717) is 29.3 Å². The highest BCUT2D eigenvalue weighted by Gasteiger charge is 2.31. The monoisotopic (exact) mass is 349 g/mol. The van der Waals surface area contributed by atoms with Crippen LogP contribution in [0.5, 0.6) is 5.75 Å². The molecule has 0 spiro atoms. The average Bonchev–Trinajstić information content (AvgIpc) is 2.88. The van der Waals surface area contributed by atoms with E-state index in [9.17, 15) is 8.42 Å². The first-order valence-corrected chi connectivity index (χ1v) is 9.17. The molecule has 1 aliphatic rings. The molecule has 0 fully saturated rings. The number of thiophene rings is 1. The van der Waals surface area contributed by atoms with Crippen LogP contribution in [0.25, 0.3) is 0 Å². The maximum atomic E-state index is 12.8. The summed E-state index contributed by atoms with van der Waals surface area (Å²) >= 11 is 1.29. The van der Waals surface area contributed by atoms with Gasteiger partial charge in [-0.25, -0.2) is 8.42 Å². The van der Waals surface area contributed by atoms with E-state index in [1.54, 1.807) is 12.1 Å². The van der Waals surface area contributed by atoms with Gasteiger partial charge in [-0.1, -0.05) is 0 Å². The molecule has 0 aliphatic carbocycles. The van der Waals surface area contributed by atoms with Crippen LogP contribution in [-0.4, -0.2) is 26.4 Å². The largest absolute Gasteiger partial charge is 0.497 e. The van der Waals surface area contributed by atoms with E-state index >= 15 is 0 Å². The quantitative estimate of drug-likeness (QED) is 0.913. The number of nitrogens with two attached hydrogens (primary N) is 1. The van der Waals surface area contributed by atoms with Crippen molar-refractivity contribution in [3.63, 3.8) is 0 Å². The highest BCUT2D eigenvalue weighted by Crippen LogP contribution is 2.36. The van der Waals surface area contributed by atoms with Crippen LogP contribution >= 0.6 is 11.3 Å². The first-order chi connectivity index (χ1) is 11.0. The van der Waals surface area contributed by atoms with Gasteiger partial charge in [-0.2, -0.15) is 9.57 Å². The zero-order valence-corrected chi connectivity index (χ0v) is 14.1. The average molecular weight is 349 g/mol. The number of nitrogens with zero attached hydrogens (tertiary/aromatic N) is 2. The molecule has 2 N–H and O–H groups in total. The predicted molar refractivity (Wildman–Crippen MR) is 87.7 cm³/mol. The van der Waals surface area contributed by atoms with E-state index in [-0.39, 0.29) is 11.4 Å². The van der Waals surface area contributed by atoms with Gasteiger partial charge in [0, 0.05) is 18.0 Å². The second kappa shape index (κ2) is 5.85. The van der Waals surface area contributed by atoms with E-state index in [0.717, 1.165) is 10.4 Å². The molecule has 2 aromatic rings. The van der Waals surface area contributed by atoms with Crippen molar-refractivity contribution in [3.05, 3.63) is 40.3 Å². The van der Waals surface area contributed by atoms with Crippen molar-refractivity contribution < 1.29 is 13.2 Å². The molecule has 0 amide bonds. The zero-order valence-electron chi connectivity index (χ0n) is 12.4. The molecule has 6 nitrogen and oxygen atoms in total. The fourth-order valence-electron chi connectivity index (χ4n) is 2.63. The van der Waals surface area contributed by atoms with Gasteiger partial charge in [0.05, 0.1) is 17.6 Å². The van der Waals surface area contributed by atoms with Crippen LogP contribution in [-0.2, 0) is 23.0 Å². The maximum Gasteiger partial charge on any atom is 0.243 e. The third-order valence-electron chi connectivity index (χ3n) is 3.86. The highest BCUT2D eigenvalue weighted by atomic mass is 32.2. The van der Waals surface area contributed by atoms with Gasteiger partial charge in [0.15, 0.2) is 0 Å². The molecule has 0 saturated carbocycles. The van der Waals surface area contributed by atoms with Crippen LogP contribution in [0.1, 0.15) is 16.0 Å². The summed E-state index contributed by atoms with van der Waals surface area (Å²) in [4.78, 5) is 1.08. The van der Waals surface area contributed by atoms with E-state index in [2.05, 4.69) is 6.07 Å². The number of methoxy groups -OCH3 is 1. The van der Waals surface area contributed by atoms with Crippen molar-refractivity contribution in [1.82, 2.24) is 4.31 Å². The topological polar surface area (TPSA) is 96.4 Å². The first kappa shape index (κ1) is 15.8. The van der Waals surface area contributed by atoms with Crippen molar-refractivity contribution in [2.45, 2.75) is 17.9 Å². The standard InChI is InChI=1S/C15H15N3O3S2/c1-21-10-2-4-11(5-3-10)23(19,20)18-7-6-12-13(8-16)15(17)22-14(12)9-18/h2-5H,6-7,9,17H2,1H3. The van der Waals surface area contributed by atoms with Crippen molar-refractivity contribution in [2.24, 2.45) is 0 Å². The SMILES string of the molecule is COc1ccc(S(=O)(=O)N2CCc3c(sc(N)c3C#N)C2)cc1. The Balaban J connectivity index is 1.91. The summed E-state index contributed by atoms with van der Waals surface area (Å²) < 4.78 is 32.0. The zero-order chi connectivity index (χ0) is 16.6. The molecule has 1 aliphatic heterocycles. The first-order valence-electron chi connectivity index (χ1n) is 6.91. The molecule has 0 radical (unpaired) electrons. The Hall–Kier alpha value is -2.08. The molecular weight excluding hydrogens is 334 g/mol. The molecule has 8 heteroatoms. The molecule has 3 rings (SSSR count). The highest BCUT2D eigenvalue weighted by molar-refractivity contribution is 7.89. The normalized spacial score (nSPS) is 15.0. The number of benzene rings is 1. The number of sulfonamides is 1. The van der Waals surface area contributed by atoms with Gasteiger partial charge in [-0.3, -0.25) is 0 Å². The Labute approximate surface area is 138 Å². The summed E-state index contributed by atoms with van der Waals surface area (Å²) in [5, 5.41) is 9.61. The van der Waals surface area contributed by atoms with Crippen LogP contribution in [0, 0.1) is 11.3 Å². The van der Waals surface area contributed by atoms with Crippen LogP contribution in [0.3, 0.4) is 0 Å². The molecule has 0 atom stereocenters. The lowest BCUT2D eigenvalue weighted by molar-refractivity contribution is 0.395. The summed E-state index contributed by atoms with van der Waals surface area (Å²) in [7, 11) is -2.05. The lowest BCUT2D eigenvalue weighted by Gasteiger charge is -2.26. The van der Waals surface area contributed by atoms with Gasteiger partial charge >= 0.3 is 0 Å². The lowest BCUT2D eigenvalue weighted by atomic mass is 10.1. The van der Waals surface area contributed by atoms with Gasteiger partial charge < -0.3 is 10.5 Å². The van der Waals surface area contributed by atoms with Crippen molar-refractivity contribution in [1.29, 1.82) is 5.26 Å². The molecule has 120 valence electrons. The Bertz CT molecular complexity index is 880. The van der Waals surface area contributed by atoms with Gasteiger partial charge in [0.25, 0.3) is 0 Å². The summed E-state index contributed by atoms with van der Waals surface area (Å²) in [5.41, 5.74) is 7.22. The number of hydrogen-bond acceptors (Lipinski definition) is 6.